The van der Waals surface area contributed by atoms with E-state index in [0.717, 1.165) is 22.2 Å². The van der Waals surface area contributed by atoms with Gasteiger partial charge >= 0.3 is 0 Å². The molecule has 9 rings (SSSR count). The minimum atomic E-state index is 1.13. The summed E-state index contributed by atoms with van der Waals surface area (Å²) < 4.78 is 7.39. The zero-order valence-corrected chi connectivity index (χ0v) is 21.1. The number of nitrogens with zero attached hydrogens (tertiary/aromatic N) is 3. The maximum atomic E-state index is 2.49. The van der Waals surface area contributed by atoms with Crippen molar-refractivity contribution >= 4 is 65.7 Å². The smallest absolute Gasteiger partial charge is 0.0783 e. The molecule has 0 bridgehead atoms. The average Bonchev–Trinajstić information content (AvgIpc) is 3.53. The molecule has 0 radical (unpaired) electrons. The standard InChI is InChI=1S/C36H23N3/c1-2-12-24(13-3-1)37-31-20-8-9-21-32(31)38-29-18-6-4-14-25(29)28-17-11-23-34(36(28)38)39-30-19-7-5-15-26(30)27-16-10-22-33(37)35(27)39/h1-23H. The summed E-state index contributed by atoms with van der Waals surface area (Å²) in [7, 11) is 0. The van der Waals surface area contributed by atoms with Gasteiger partial charge in [-0.15, -0.1) is 0 Å². The summed E-state index contributed by atoms with van der Waals surface area (Å²) in [6, 6.07) is 50.6. The van der Waals surface area contributed by atoms with Crippen molar-refractivity contribution in [1.82, 2.24) is 13.4 Å². The minimum Gasteiger partial charge on any atom is -0.306 e. The highest BCUT2D eigenvalue weighted by atomic mass is 15.0. The molecular formula is C36H23N3. The quantitative estimate of drug-likeness (QED) is 0.214. The van der Waals surface area contributed by atoms with E-state index in [-0.39, 0.29) is 0 Å². The number of hydrogen-bond donors (Lipinski definition) is 0. The van der Waals surface area contributed by atoms with Gasteiger partial charge < -0.3 is 13.4 Å². The van der Waals surface area contributed by atoms with E-state index in [1.807, 2.05) is 0 Å². The highest BCUT2D eigenvalue weighted by Crippen LogP contribution is 2.38. The Morgan fingerprint density at radius 3 is 1.38 bits per heavy atom. The van der Waals surface area contributed by atoms with Crippen LogP contribution in [0.5, 0.6) is 0 Å². The van der Waals surface area contributed by atoms with Gasteiger partial charge in [0.1, 0.15) is 0 Å². The highest BCUT2D eigenvalue weighted by molar-refractivity contribution is 6.19. The fourth-order valence-corrected chi connectivity index (χ4v) is 6.69. The van der Waals surface area contributed by atoms with E-state index >= 15 is 0 Å². The van der Waals surface area contributed by atoms with E-state index in [9.17, 15) is 0 Å². The predicted octanol–water partition coefficient (Wildman–Crippen LogP) is 9.31. The monoisotopic (exact) mass is 497 g/mol. The van der Waals surface area contributed by atoms with Crippen molar-refractivity contribution in [2.24, 2.45) is 0 Å². The van der Waals surface area contributed by atoms with Crippen LogP contribution in [0, 0.1) is 0 Å². The fourth-order valence-electron chi connectivity index (χ4n) is 6.69. The second-order valence-electron chi connectivity index (χ2n) is 10.2. The lowest BCUT2D eigenvalue weighted by Gasteiger charge is -2.13. The van der Waals surface area contributed by atoms with Crippen LogP contribution in [-0.2, 0) is 0 Å². The zero-order valence-electron chi connectivity index (χ0n) is 21.1. The van der Waals surface area contributed by atoms with Gasteiger partial charge in [-0.25, -0.2) is 0 Å². The second-order valence-corrected chi connectivity index (χ2v) is 10.2. The Morgan fingerprint density at radius 1 is 0.282 bits per heavy atom. The predicted molar refractivity (Wildman–Crippen MR) is 164 cm³/mol. The molecule has 6 aromatic carbocycles. The SMILES string of the molecule is c1ccc(-n2c3ccccc3n3c4ccccc4c4cccc(c43)n3c4ccccc4c4cccc2c43)cc1. The highest BCUT2D eigenvalue weighted by Gasteiger charge is 2.18. The maximum absolute atomic E-state index is 2.49. The Kier molecular flexibility index (Phi) is 4.05. The van der Waals surface area contributed by atoms with Gasteiger partial charge in [-0.1, -0.05) is 91.0 Å². The molecule has 0 aliphatic heterocycles. The second kappa shape index (κ2) is 7.62. The molecule has 3 heteroatoms. The summed E-state index contributed by atoms with van der Waals surface area (Å²) in [6.07, 6.45) is 0. The molecule has 0 unspecified atom stereocenters. The first-order valence-electron chi connectivity index (χ1n) is 13.4. The third-order valence-electron chi connectivity index (χ3n) is 8.21. The molecule has 39 heavy (non-hydrogen) atoms. The van der Waals surface area contributed by atoms with Crippen LogP contribution in [0.1, 0.15) is 0 Å². The Hall–Kier alpha value is -5.28. The molecule has 0 N–H and O–H groups in total. The third kappa shape index (κ3) is 2.66. The van der Waals surface area contributed by atoms with Crippen molar-refractivity contribution in [3.8, 4) is 5.69 Å². The van der Waals surface area contributed by atoms with Crippen LogP contribution in [-0.4, -0.2) is 13.4 Å². The van der Waals surface area contributed by atoms with Gasteiger partial charge in [-0.05, 0) is 48.5 Å². The molecule has 3 heterocycles. The normalized spacial score (nSPS) is 12.1. The first-order chi connectivity index (χ1) is 19.4. The summed E-state index contributed by atoms with van der Waals surface area (Å²) in [6.45, 7) is 0. The van der Waals surface area contributed by atoms with Gasteiger partial charge in [0.05, 0.1) is 44.1 Å². The van der Waals surface area contributed by atoms with E-state index < -0.39 is 0 Å². The molecule has 0 saturated carbocycles. The molecule has 0 spiro atoms. The lowest BCUT2D eigenvalue weighted by atomic mass is 10.1. The summed E-state index contributed by atoms with van der Waals surface area (Å²) >= 11 is 0. The lowest BCUT2D eigenvalue weighted by Crippen LogP contribution is -1.99. The van der Waals surface area contributed by atoms with Crippen LogP contribution < -0.4 is 0 Å². The van der Waals surface area contributed by atoms with Crippen LogP contribution in [0.4, 0.5) is 0 Å². The van der Waals surface area contributed by atoms with Crippen LogP contribution in [0.2, 0.25) is 0 Å². The molecule has 0 saturated heterocycles. The number of para-hydroxylation sites is 7. The largest absolute Gasteiger partial charge is 0.306 e. The van der Waals surface area contributed by atoms with Gasteiger partial charge in [0.25, 0.3) is 0 Å². The van der Waals surface area contributed by atoms with E-state index in [4.69, 9.17) is 0 Å². The Balaban J connectivity index is 1.79. The van der Waals surface area contributed by atoms with E-state index in [1.54, 1.807) is 0 Å². The Bertz CT molecular complexity index is 2440. The van der Waals surface area contributed by atoms with Crippen LogP contribution >= 0.6 is 0 Å². The number of hydrogen-bond acceptors (Lipinski definition) is 0. The zero-order chi connectivity index (χ0) is 25.5. The summed E-state index contributed by atoms with van der Waals surface area (Å²) in [5.74, 6) is 0. The number of benzene rings is 6. The molecule has 0 aliphatic carbocycles. The van der Waals surface area contributed by atoms with Crippen molar-refractivity contribution < 1.29 is 0 Å². The van der Waals surface area contributed by atoms with Crippen LogP contribution in [0.25, 0.3) is 71.4 Å². The molecule has 0 fully saturated rings. The molecule has 9 aromatic rings. The third-order valence-corrected chi connectivity index (χ3v) is 8.21. The molecule has 3 aromatic heterocycles. The van der Waals surface area contributed by atoms with E-state index in [0.29, 0.717) is 0 Å². The van der Waals surface area contributed by atoms with Crippen LogP contribution in [0.3, 0.4) is 0 Å². The molecule has 0 aliphatic rings. The minimum absolute atomic E-state index is 1.13. The van der Waals surface area contributed by atoms with Gasteiger partial charge in [0.2, 0.25) is 0 Å². The summed E-state index contributed by atoms with van der Waals surface area (Å²) in [5, 5.41) is 5.03. The van der Waals surface area contributed by atoms with Gasteiger partial charge in [0, 0.05) is 27.2 Å². The lowest BCUT2D eigenvalue weighted by molar-refractivity contribution is 1.16. The van der Waals surface area contributed by atoms with Crippen molar-refractivity contribution in [2.75, 3.05) is 0 Å². The molecule has 0 atom stereocenters. The van der Waals surface area contributed by atoms with Crippen molar-refractivity contribution in [3.05, 3.63) is 140 Å². The van der Waals surface area contributed by atoms with Crippen LogP contribution in [0.15, 0.2) is 140 Å². The number of aromatic nitrogens is 3. The maximum Gasteiger partial charge on any atom is 0.0783 e. The van der Waals surface area contributed by atoms with E-state index in [2.05, 4.69) is 153 Å². The fraction of sp³-hybridized carbons (Fsp3) is 0. The Morgan fingerprint density at radius 2 is 0.718 bits per heavy atom. The molecular weight excluding hydrogens is 474 g/mol. The molecule has 182 valence electrons. The number of fused-ring (bicyclic) bond motifs is 9. The van der Waals surface area contributed by atoms with Gasteiger partial charge in [-0.3, -0.25) is 0 Å². The Labute approximate surface area is 224 Å². The topological polar surface area (TPSA) is 13.8 Å². The first kappa shape index (κ1) is 20.7. The first-order valence-corrected chi connectivity index (χ1v) is 13.4. The van der Waals surface area contributed by atoms with Crippen molar-refractivity contribution in [2.45, 2.75) is 0 Å². The van der Waals surface area contributed by atoms with Gasteiger partial charge in [0.15, 0.2) is 0 Å². The van der Waals surface area contributed by atoms with Crippen molar-refractivity contribution in [1.29, 1.82) is 0 Å². The summed E-state index contributed by atoms with van der Waals surface area (Å²) in [5.41, 5.74) is 10.6. The molecule has 3 nitrogen and oxygen atoms in total. The van der Waals surface area contributed by atoms with E-state index in [1.165, 1.54) is 49.1 Å². The van der Waals surface area contributed by atoms with Gasteiger partial charge in [-0.2, -0.15) is 0 Å². The summed E-state index contributed by atoms with van der Waals surface area (Å²) in [4.78, 5) is 0. The van der Waals surface area contributed by atoms with Crippen molar-refractivity contribution in [3.63, 3.8) is 0 Å². The number of rotatable bonds is 1. The average molecular weight is 498 g/mol. The molecule has 0 amide bonds.